The first-order valence-electron chi connectivity index (χ1n) is 3.63. The van der Waals surface area contributed by atoms with Crippen molar-refractivity contribution in [2.24, 2.45) is 0 Å². The summed E-state index contributed by atoms with van der Waals surface area (Å²) >= 11 is 3.35. The van der Waals surface area contributed by atoms with Crippen LogP contribution in [0.5, 0.6) is 0 Å². The molecule has 12 heavy (non-hydrogen) atoms. The van der Waals surface area contributed by atoms with Gasteiger partial charge in [-0.15, -0.1) is 0 Å². The Morgan fingerprint density at radius 2 is 1.75 bits per heavy atom. The molecule has 0 aliphatic heterocycles. The molecule has 0 saturated carbocycles. The lowest BCUT2D eigenvalue weighted by atomic mass is 10.1. The van der Waals surface area contributed by atoms with Crippen molar-refractivity contribution in [3.05, 3.63) is 35.6 Å². The molecule has 3 heteroatoms. The first-order chi connectivity index (χ1) is 5.33. The largest absolute Gasteiger partial charge is 0.316 e. The summed E-state index contributed by atoms with van der Waals surface area (Å²) in [5.41, 5.74) is 1.20. The van der Waals surface area contributed by atoms with E-state index in [9.17, 15) is 4.39 Å². The van der Waals surface area contributed by atoms with Crippen molar-refractivity contribution in [1.29, 1.82) is 0 Å². The summed E-state index contributed by atoms with van der Waals surface area (Å²) in [5, 5.41) is 1.00. The van der Waals surface area contributed by atoms with Crippen LogP contribution in [0.1, 0.15) is 12.0 Å². The number of hydrogen-bond donors (Lipinski definition) is 0. The molecule has 1 rings (SSSR count). The van der Waals surface area contributed by atoms with Crippen LogP contribution in [-0.2, 0) is 6.42 Å². The average molecular weight is 243 g/mol. The number of rotatable bonds is 3. The van der Waals surface area contributed by atoms with Crippen molar-refractivity contribution >= 4 is 39.0 Å². The fourth-order valence-electron chi connectivity index (χ4n) is 0.922. The predicted molar refractivity (Wildman–Crippen MR) is 57.1 cm³/mol. The Kier molecular flexibility index (Phi) is 7.09. The Morgan fingerprint density at radius 3 is 2.25 bits per heavy atom. The molecular formula is C9H12BrFMg. The SMILES string of the molecule is Fc1ccc(CCCBr)cc1.[MgH2]. The minimum absolute atomic E-state index is 0. The third kappa shape index (κ3) is 4.43. The zero-order chi connectivity index (χ0) is 8.10. The Balaban J connectivity index is 0.00000121. The second-order valence-electron chi connectivity index (χ2n) is 2.42. The molecule has 0 aliphatic carbocycles. The van der Waals surface area contributed by atoms with Gasteiger partial charge in [-0.25, -0.2) is 4.39 Å². The molecule has 1 aromatic rings. The summed E-state index contributed by atoms with van der Waals surface area (Å²) in [6.45, 7) is 0. The molecule has 0 unspecified atom stereocenters. The Hall–Kier alpha value is 0.396. The molecule has 0 N–H and O–H groups in total. The Morgan fingerprint density at radius 1 is 1.17 bits per heavy atom. The van der Waals surface area contributed by atoms with E-state index in [0.717, 1.165) is 18.2 Å². The Labute approximate surface area is 96.8 Å². The molecule has 0 aliphatic rings. The smallest absolute Gasteiger partial charge is 0.207 e. The maximum absolute atomic E-state index is 12.4. The van der Waals surface area contributed by atoms with E-state index in [4.69, 9.17) is 0 Å². The van der Waals surface area contributed by atoms with Crippen LogP contribution >= 0.6 is 15.9 Å². The van der Waals surface area contributed by atoms with E-state index < -0.39 is 0 Å². The highest BCUT2D eigenvalue weighted by atomic mass is 79.9. The molecule has 0 nitrogen and oxygen atoms in total. The molecule has 1 aromatic carbocycles. The summed E-state index contributed by atoms with van der Waals surface area (Å²) < 4.78 is 12.4. The molecule has 0 heterocycles. The zero-order valence-corrected chi connectivity index (χ0v) is 7.77. The fraction of sp³-hybridized carbons (Fsp3) is 0.333. The van der Waals surface area contributed by atoms with E-state index >= 15 is 0 Å². The van der Waals surface area contributed by atoms with Crippen LogP contribution in [0.15, 0.2) is 24.3 Å². The van der Waals surface area contributed by atoms with Gasteiger partial charge in [0, 0.05) is 5.33 Å². The first kappa shape index (κ1) is 12.4. The van der Waals surface area contributed by atoms with Crippen molar-refractivity contribution in [3.8, 4) is 0 Å². The van der Waals surface area contributed by atoms with Crippen molar-refractivity contribution < 1.29 is 4.39 Å². The molecule has 0 atom stereocenters. The zero-order valence-electron chi connectivity index (χ0n) is 6.19. The monoisotopic (exact) mass is 242 g/mol. The number of hydrogen-bond acceptors (Lipinski definition) is 0. The van der Waals surface area contributed by atoms with Crippen molar-refractivity contribution in [1.82, 2.24) is 0 Å². The number of aryl methyl sites for hydroxylation is 1. The lowest BCUT2D eigenvalue weighted by molar-refractivity contribution is 0.627. The van der Waals surface area contributed by atoms with Gasteiger partial charge in [-0.2, -0.15) is 0 Å². The van der Waals surface area contributed by atoms with Crippen LogP contribution in [-0.4, -0.2) is 28.4 Å². The normalized spacial score (nSPS) is 9.17. The summed E-state index contributed by atoms with van der Waals surface area (Å²) in [5.74, 6) is -0.160. The summed E-state index contributed by atoms with van der Waals surface area (Å²) in [6, 6.07) is 6.67. The fourth-order valence-corrected chi connectivity index (χ4v) is 1.20. The quantitative estimate of drug-likeness (QED) is 0.564. The van der Waals surface area contributed by atoms with Gasteiger partial charge in [0.15, 0.2) is 0 Å². The second kappa shape index (κ2) is 6.86. The molecule has 0 saturated heterocycles. The van der Waals surface area contributed by atoms with Crippen LogP contribution in [0.4, 0.5) is 4.39 Å². The van der Waals surface area contributed by atoms with Gasteiger partial charge in [-0.05, 0) is 30.5 Å². The van der Waals surface area contributed by atoms with Gasteiger partial charge in [-0.1, -0.05) is 28.1 Å². The Bertz CT molecular complexity index is 210. The maximum Gasteiger partial charge on any atom is 0.316 e. The minimum atomic E-state index is -0.160. The molecule has 0 amide bonds. The molecule has 0 bridgehead atoms. The van der Waals surface area contributed by atoms with Gasteiger partial charge < -0.3 is 0 Å². The van der Waals surface area contributed by atoms with Crippen LogP contribution in [0.25, 0.3) is 0 Å². The van der Waals surface area contributed by atoms with Crippen molar-refractivity contribution in [3.63, 3.8) is 0 Å². The molecule has 64 valence electrons. The van der Waals surface area contributed by atoms with Crippen LogP contribution in [0.2, 0.25) is 0 Å². The van der Waals surface area contributed by atoms with Crippen LogP contribution < -0.4 is 0 Å². The molecule has 0 aromatic heterocycles. The molecule has 0 fully saturated rings. The molecular weight excluding hydrogens is 231 g/mol. The number of benzene rings is 1. The van der Waals surface area contributed by atoms with Crippen LogP contribution in [0, 0.1) is 5.82 Å². The lowest BCUT2D eigenvalue weighted by Crippen LogP contribution is -1.85. The minimum Gasteiger partial charge on any atom is -0.207 e. The van der Waals surface area contributed by atoms with E-state index in [1.165, 1.54) is 17.7 Å². The first-order valence-corrected chi connectivity index (χ1v) is 4.75. The molecule has 0 radical (unpaired) electrons. The maximum atomic E-state index is 12.4. The summed E-state index contributed by atoms with van der Waals surface area (Å²) in [7, 11) is 0. The standard InChI is InChI=1S/C9H10BrF.Mg.2H/c10-7-1-2-8-3-5-9(11)6-4-8;;;/h3-6H,1-2,7H2;;;. The number of alkyl halides is 1. The van der Waals surface area contributed by atoms with Gasteiger partial charge >= 0.3 is 23.1 Å². The van der Waals surface area contributed by atoms with E-state index in [1.54, 1.807) is 0 Å². The summed E-state index contributed by atoms with van der Waals surface area (Å²) in [4.78, 5) is 0. The highest BCUT2D eigenvalue weighted by Crippen LogP contribution is 2.05. The third-order valence-corrected chi connectivity index (χ3v) is 2.07. The van der Waals surface area contributed by atoms with Gasteiger partial charge in [-0.3, -0.25) is 0 Å². The van der Waals surface area contributed by atoms with Gasteiger partial charge in [0.1, 0.15) is 5.82 Å². The topological polar surface area (TPSA) is 0 Å². The van der Waals surface area contributed by atoms with Gasteiger partial charge in [0.2, 0.25) is 0 Å². The van der Waals surface area contributed by atoms with Gasteiger partial charge in [0.05, 0.1) is 0 Å². The van der Waals surface area contributed by atoms with Crippen molar-refractivity contribution in [2.45, 2.75) is 12.8 Å². The van der Waals surface area contributed by atoms with Crippen LogP contribution in [0.3, 0.4) is 0 Å². The second-order valence-corrected chi connectivity index (χ2v) is 3.21. The van der Waals surface area contributed by atoms with E-state index in [0.29, 0.717) is 0 Å². The number of halogens is 2. The van der Waals surface area contributed by atoms with Crippen molar-refractivity contribution in [2.75, 3.05) is 5.33 Å². The lowest BCUT2D eigenvalue weighted by Gasteiger charge is -1.97. The highest BCUT2D eigenvalue weighted by Gasteiger charge is 1.92. The van der Waals surface area contributed by atoms with E-state index in [1.807, 2.05) is 12.1 Å². The average Bonchev–Trinajstić information content (AvgIpc) is 2.04. The third-order valence-electron chi connectivity index (χ3n) is 1.51. The summed E-state index contributed by atoms with van der Waals surface area (Å²) in [6.07, 6.45) is 2.12. The highest BCUT2D eigenvalue weighted by molar-refractivity contribution is 9.09. The van der Waals surface area contributed by atoms with E-state index in [-0.39, 0.29) is 28.9 Å². The van der Waals surface area contributed by atoms with E-state index in [2.05, 4.69) is 15.9 Å². The molecule has 0 spiro atoms. The predicted octanol–water partition coefficient (Wildman–Crippen LogP) is 2.24. The van der Waals surface area contributed by atoms with Gasteiger partial charge in [0.25, 0.3) is 0 Å².